The summed E-state index contributed by atoms with van der Waals surface area (Å²) in [6.07, 6.45) is 0. The molecule has 1 amide bonds. The largest absolute Gasteiger partial charge is 0.478 e. The van der Waals surface area contributed by atoms with Crippen molar-refractivity contribution in [2.45, 2.75) is 6.92 Å². The van der Waals surface area contributed by atoms with Crippen molar-refractivity contribution in [3.8, 4) is 11.1 Å². The number of benzene rings is 3. The topological polar surface area (TPSA) is 79.3 Å². The summed E-state index contributed by atoms with van der Waals surface area (Å²) >= 11 is 0. The fraction of sp³-hybridized carbons (Fsp3) is 0.0417. The standard InChI is InChI=1S/C24H14F4N2O3/c1-11-20(24(32)33)16-10-15(26)5-6-19(16)29-21(11)23(31)30-22-17(27)8-13(9-18(22)28)12-3-2-4-14(25)7-12/h2-10H,1H3,(H,30,31)(H,32,33). The number of hydrogen-bond acceptors (Lipinski definition) is 3. The molecule has 1 aromatic heterocycles. The van der Waals surface area contributed by atoms with Crippen molar-refractivity contribution in [3.63, 3.8) is 0 Å². The summed E-state index contributed by atoms with van der Waals surface area (Å²) in [5.41, 5.74) is -1.32. The van der Waals surface area contributed by atoms with Gasteiger partial charge in [0.25, 0.3) is 5.91 Å². The monoisotopic (exact) mass is 454 g/mol. The molecule has 0 aliphatic carbocycles. The molecule has 1 heterocycles. The van der Waals surface area contributed by atoms with Gasteiger partial charge in [0.1, 0.15) is 34.7 Å². The number of pyridine rings is 1. The van der Waals surface area contributed by atoms with Crippen molar-refractivity contribution in [3.05, 3.63) is 94.7 Å². The number of rotatable bonds is 4. The third-order valence-corrected chi connectivity index (χ3v) is 5.06. The molecule has 0 spiro atoms. The molecule has 0 aliphatic rings. The first-order chi connectivity index (χ1) is 15.7. The Morgan fingerprint density at radius 1 is 0.879 bits per heavy atom. The van der Waals surface area contributed by atoms with Crippen LogP contribution in [0.5, 0.6) is 0 Å². The first kappa shape index (κ1) is 21.9. The number of carboxylic acid groups (broad SMARTS) is 1. The average molecular weight is 454 g/mol. The molecule has 0 saturated carbocycles. The van der Waals surface area contributed by atoms with E-state index >= 15 is 0 Å². The minimum absolute atomic E-state index is 0.0200. The third kappa shape index (κ3) is 4.12. The number of anilines is 1. The molecule has 3 aromatic carbocycles. The van der Waals surface area contributed by atoms with E-state index in [1.54, 1.807) is 0 Å². The average Bonchev–Trinajstić information content (AvgIpc) is 2.75. The van der Waals surface area contributed by atoms with Gasteiger partial charge in [-0.25, -0.2) is 27.3 Å². The Hall–Kier alpha value is -4.27. The second kappa shape index (κ2) is 8.34. The summed E-state index contributed by atoms with van der Waals surface area (Å²) < 4.78 is 56.4. The highest BCUT2D eigenvalue weighted by atomic mass is 19.1. The maximum absolute atomic E-state index is 14.7. The Balaban J connectivity index is 1.75. The van der Waals surface area contributed by atoms with E-state index in [0.717, 1.165) is 30.3 Å². The zero-order valence-corrected chi connectivity index (χ0v) is 16.9. The van der Waals surface area contributed by atoms with Crippen LogP contribution in [0.1, 0.15) is 26.4 Å². The summed E-state index contributed by atoms with van der Waals surface area (Å²) in [7, 11) is 0. The molecule has 166 valence electrons. The van der Waals surface area contributed by atoms with Gasteiger partial charge in [0.05, 0.1) is 11.1 Å². The van der Waals surface area contributed by atoms with Gasteiger partial charge in [-0.1, -0.05) is 12.1 Å². The van der Waals surface area contributed by atoms with Crippen LogP contribution in [-0.4, -0.2) is 22.0 Å². The van der Waals surface area contributed by atoms with Gasteiger partial charge in [0.15, 0.2) is 0 Å². The minimum Gasteiger partial charge on any atom is -0.478 e. The van der Waals surface area contributed by atoms with Crippen LogP contribution in [0.25, 0.3) is 22.0 Å². The van der Waals surface area contributed by atoms with Crippen LogP contribution < -0.4 is 5.32 Å². The summed E-state index contributed by atoms with van der Waals surface area (Å²) in [6.45, 7) is 1.29. The van der Waals surface area contributed by atoms with Crippen LogP contribution in [0.3, 0.4) is 0 Å². The van der Waals surface area contributed by atoms with Crippen LogP contribution in [0.4, 0.5) is 23.2 Å². The molecular formula is C24H14F4N2O3. The smallest absolute Gasteiger partial charge is 0.336 e. The van der Waals surface area contributed by atoms with Crippen LogP contribution in [-0.2, 0) is 0 Å². The highest BCUT2D eigenvalue weighted by Gasteiger charge is 2.23. The second-order valence-electron chi connectivity index (χ2n) is 7.21. The number of carbonyl (C=O) groups is 2. The Morgan fingerprint density at radius 3 is 2.18 bits per heavy atom. The van der Waals surface area contributed by atoms with E-state index < -0.39 is 40.8 Å². The molecule has 0 aliphatic heterocycles. The van der Waals surface area contributed by atoms with Gasteiger partial charge >= 0.3 is 5.97 Å². The van der Waals surface area contributed by atoms with E-state index in [1.165, 1.54) is 31.2 Å². The van der Waals surface area contributed by atoms with Gasteiger partial charge in [-0.05, 0) is 66.1 Å². The summed E-state index contributed by atoms with van der Waals surface area (Å²) in [5.74, 6) is -6.00. The second-order valence-corrected chi connectivity index (χ2v) is 7.21. The Bertz CT molecular complexity index is 1430. The number of nitrogens with zero attached hydrogens (tertiary/aromatic N) is 1. The molecule has 4 rings (SSSR count). The number of carbonyl (C=O) groups excluding carboxylic acids is 1. The Kier molecular flexibility index (Phi) is 5.55. The molecule has 0 radical (unpaired) electrons. The fourth-order valence-electron chi connectivity index (χ4n) is 3.53. The van der Waals surface area contributed by atoms with E-state index in [1.807, 2.05) is 0 Å². The van der Waals surface area contributed by atoms with E-state index in [4.69, 9.17) is 0 Å². The molecule has 4 aromatic rings. The van der Waals surface area contributed by atoms with Gasteiger partial charge in [-0.3, -0.25) is 4.79 Å². The third-order valence-electron chi connectivity index (χ3n) is 5.06. The molecule has 2 N–H and O–H groups in total. The molecule has 0 unspecified atom stereocenters. The van der Waals surface area contributed by atoms with E-state index in [0.29, 0.717) is 0 Å². The number of aromatic nitrogens is 1. The molecule has 0 bridgehead atoms. The van der Waals surface area contributed by atoms with Gasteiger partial charge in [0, 0.05) is 5.39 Å². The van der Waals surface area contributed by atoms with Crippen LogP contribution in [0, 0.1) is 30.2 Å². The van der Waals surface area contributed by atoms with Gasteiger partial charge in [-0.15, -0.1) is 0 Å². The first-order valence-electron chi connectivity index (χ1n) is 9.55. The van der Waals surface area contributed by atoms with E-state index in [9.17, 15) is 32.3 Å². The van der Waals surface area contributed by atoms with Crippen molar-refractivity contribution in [2.24, 2.45) is 0 Å². The Morgan fingerprint density at radius 2 is 1.55 bits per heavy atom. The Labute approximate surface area is 184 Å². The lowest BCUT2D eigenvalue weighted by molar-refractivity contribution is 0.0698. The lowest BCUT2D eigenvalue weighted by Crippen LogP contribution is -2.19. The SMILES string of the molecule is Cc1c(C(=O)Nc2c(F)cc(-c3cccc(F)c3)cc2F)nc2ccc(F)cc2c1C(=O)O. The minimum atomic E-state index is -1.42. The zero-order valence-electron chi connectivity index (χ0n) is 16.9. The number of aromatic carboxylic acids is 1. The number of carboxylic acids is 1. The van der Waals surface area contributed by atoms with Crippen molar-refractivity contribution in [1.29, 1.82) is 0 Å². The lowest BCUT2D eigenvalue weighted by Gasteiger charge is -2.13. The van der Waals surface area contributed by atoms with E-state index in [2.05, 4.69) is 10.3 Å². The van der Waals surface area contributed by atoms with Crippen LogP contribution >= 0.6 is 0 Å². The van der Waals surface area contributed by atoms with Crippen LogP contribution in [0.2, 0.25) is 0 Å². The predicted molar refractivity (Wildman–Crippen MR) is 113 cm³/mol. The maximum atomic E-state index is 14.7. The highest BCUT2D eigenvalue weighted by Crippen LogP contribution is 2.29. The van der Waals surface area contributed by atoms with Crippen molar-refractivity contribution in [1.82, 2.24) is 4.98 Å². The quantitative estimate of drug-likeness (QED) is 0.387. The van der Waals surface area contributed by atoms with Gasteiger partial charge in [-0.2, -0.15) is 0 Å². The van der Waals surface area contributed by atoms with Crippen molar-refractivity contribution < 1.29 is 32.3 Å². The predicted octanol–water partition coefficient (Wildman–Crippen LogP) is 5.72. The highest BCUT2D eigenvalue weighted by molar-refractivity contribution is 6.11. The van der Waals surface area contributed by atoms with Gasteiger partial charge in [0.2, 0.25) is 0 Å². The number of halogens is 4. The van der Waals surface area contributed by atoms with Gasteiger partial charge < -0.3 is 10.4 Å². The first-order valence-corrected chi connectivity index (χ1v) is 9.55. The molecule has 0 fully saturated rings. The maximum Gasteiger partial charge on any atom is 0.336 e. The number of fused-ring (bicyclic) bond motifs is 1. The van der Waals surface area contributed by atoms with Crippen molar-refractivity contribution >= 4 is 28.5 Å². The molecule has 33 heavy (non-hydrogen) atoms. The summed E-state index contributed by atoms with van der Waals surface area (Å²) in [4.78, 5) is 28.6. The molecular weight excluding hydrogens is 440 g/mol. The van der Waals surface area contributed by atoms with Crippen molar-refractivity contribution in [2.75, 3.05) is 5.32 Å². The summed E-state index contributed by atoms with van der Waals surface area (Å²) in [6, 6.07) is 10.2. The lowest BCUT2D eigenvalue weighted by atomic mass is 10.0. The fourth-order valence-corrected chi connectivity index (χ4v) is 3.53. The van der Waals surface area contributed by atoms with Crippen LogP contribution in [0.15, 0.2) is 54.6 Å². The molecule has 9 heteroatoms. The molecule has 0 saturated heterocycles. The summed E-state index contributed by atoms with van der Waals surface area (Å²) in [5, 5.41) is 11.6. The normalized spacial score (nSPS) is 10.9. The number of nitrogens with one attached hydrogen (secondary N) is 1. The number of hydrogen-bond donors (Lipinski definition) is 2. The number of amides is 1. The zero-order chi connectivity index (χ0) is 23.9. The molecule has 0 atom stereocenters. The van der Waals surface area contributed by atoms with E-state index in [-0.39, 0.29) is 38.9 Å². The molecule has 5 nitrogen and oxygen atoms in total.